The molecule has 0 radical (unpaired) electrons. The van der Waals surface area contributed by atoms with Crippen LogP contribution in [-0.4, -0.2) is 23.9 Å². The van der Waals surface area contributed by atoms with Gasteiger partial charge in [-0.15, -0.1) is 0 Å². The molecule has 0 unspecified atom stereocenters. The topological polar surface area (TPSA) is 124 Å². The number of benzene rings is 4. The molecule has 10 nitrogen and oxygen atoms in total. The Hall–Kier alpha value is -6.68. The maximum absolute atomic E-state index is 12.3. The summed E-state index contributed by atoms with van der Waals surface area (Å²) in [4.78, 5) is 49.4. The van der Waals surface area contributed by atoms with Crippen LogP contribution in [-0.2, 0) is 19.2 Å². The summed E-state index contributed by atoms with van der Waals surface area (Å²) in [5.74, 6) is -0.285. The number of rotatable bonds is 9. The fourth-order valence-electron chi connectivity index (χ4n) is 6.13. The monoisotopic (exact) mass is 698 g/mol. The van der Waals surface area contributed by atoms with Gasteiger partial charge in [-0.1, -0.05) is 48.6 Å². The van der Waals surface area contributed by atoms with Gasteiger partial charge in [-0.3, -0.25) is 0 Å². The van der Waals surface area contributed by atoms with E-state index in [1.54, 1.807) is 101 Å². The van der Waals surface area contributed by atoms with Crippen molar-refractivity contribution < 1.29 is 47.6 Å². The Morgan fingerprint density at radius 2 is 0.654 bits per heavy atom. The summed E-state index contributed by atoms with van der Waals surface area (Å²) in [7, 11) is 0. The summed E-state index contributed by atoms with van der Waals surface area (Å²) in [6.45, 7) is 6.86. The Labute approximate surface area is 300 Å². The van der Waals surface area contributed by atoms with Gasteiger partial charge >= 0.3 is 23.9 Å². The number of carbonyl (C=O) groups excluding carboxylic acids is 4. The standard InChI is InChI=1S/C42H34O10/c1-5-9-37(43)47-25-13-17-29-33(21-25)51-34-22-26(48-38(44)10-6-2)14-18-30(34)41(29)42-31-19-15-27(49-39(45)11-7-3)23-35(31)52-36-24-28(16-20-32(36)42)50-40(46)12-8-4/h5-24,41-42H,1-4H3/b9-5+,10-6+,11-7+,12-8+. The average molecular weight is 699 g/mol. The molecular weight excluding hydrogens is 664 g/mol. The molecule has 0 N–H and O–H groups in total. The number of allylic oxidation sites excluding steroid dienone is 4. The van der Waals surface area contributed by atoms with Crippen molar-refractivity contribution in [3.8, 4) is 46.0 Å². The van der Waals surface area contributed by atoms with Gasteiger partial charge < -0.3 is 28.4 Å². The van der Waals surface area contributed by atoms with E-state index in [0.717, 1.165) is 22.3 Å². The van der Waals surface area contributed by atoms with E-state index < -0.39 is 35.7 Å². The SMILES string of the molecule is C/C=C/C(=O)Oc1ccc2c(c1)Oc1cc(OC(=O)/C=C/C)ccc1C2C1c2ccc(OC(=O)/C=C/C)cc2Oc2cc(OC(=O)/C=C/C)ccc21. The third-order valence-corrected chi connectivity index (χ3v) is 8.14. The molecule has 0 aliphatic carbocycles. The number of hydrogen-bond acceptors (Lipinski definition) is 10. The molecule has 0 saturated heterocycles. The lowest BCUT2D eigenvalue weighted by Crippen LogP contribution is -2.22. The summed E-state index contributed by atoms with van der Waals surface area (Å²) >= 11 is 0. The van der Waals surface area contributed by atoms with Gasteiger partial charge in [0.25, 0.3) is 0 Å². The van der Waals surface area contributed by atoms with E-state index in [1.165, 1.54) is 24.3 Å². The number of fused-ring (bicyclic) bond motifs is 4. The van der Waals surface area contributed by atoms with Crippen molar-refractivity contribution in [3.05, 3.63) is 144 Å². The molecule has 0 amide bonds. The van der Waals surface area contributed by atoms with Crippen molar-refractivity contribution in [2.75, 3.05) is 0 Å². The van der Waals surface area contributed by atoms with Crippen LogP contribution in [0.25, 0.3) is 0 Å². The van der Waals surface area contributed by atoms with Gasteiger partial charge in [0.15, 0.2) is 0 Å². The van der Waals surface area contributed by atoms with Crippen LogP contribution in [0.2, 0.25) is 0 Å². The molecule has 6 rings (SSSR count). The smallest absolute Gasteiger partial charge is 0.335 e. The van der Waals surface area contributed by atoms with Crippen molar-refractivity contribution in [1.82, 2.24) is 0 Å². The predicted molar refractivity (Wildman–Crippen MR) is 191 cm³/mol. The Balaban J connectivity index is 1.53. The molecule has 0 aromatic heterocycles. The van der Waals surface area contributed by atoms with Crippen molar-refractivity contribution in [3.63, 3.8) is 0 Å². The molecule has 2 aliphatic rings. The van der Waals surface area contributed by atoms with Crippen molar-refractivity contribution in [2.24, 2.45) is 0 Å². The molecular formula is C42H34O10. The van der Waals surface area contributed by atoms with Crippen LogP contribution in [0.1, 0.15) is 61.8 Å². The highest BCUT2D eigenvalue weighted by molar-refractivity contribution is 5.86. The zero-order valence-electron chi connectivity index (χ0n) is 28.8. The molecule has 4 aromatic carbocycles. The van der Waals surface area contributed by atoms with Crippen molar-refractivity contribution in [2.45, 2.75) is 39.5 Å². The highest BCUT2D eigenvalue weighted by Crippen LogP contribution is 2.58. The highest BCUT2D eigenvalue weighted by atomic mass is 16.6. The zero-order chi connectivity index (χ0) is 36.8. The van der Waals surface area contributed by atoms with Crippen LogP contribution in [0.4, 0.5) is 0 Å². The first kappa shape index (κ1) is 35.2. The minimum absolute atomic E-state index is 0.271. The van der Waals surface area contributed by atoms with Gasteiger partial charge in [0.05, 0.1) is 0 Å². The Morgan fingerprint density at radius 3 is 0.865 bits per heavy atom. The van der Waals surface area contributed by atoms with E-state index in [4.69, 9.17) is 28.4 Å². The lowest BCUT2D eigenvalue weighted by Gasteiger charge is -2.38. The molecule has 0 spiro atoms. The molecule has 52 heavy (non-hydrogen) atoms. The summed E-state index contributed by atoms with van der Waals surface area (Å²) in [5.41, 5.74) is 3.09. The number of carbonyl (C=O) groups is 4. The number of esters is 4. The van der Waals surface area contributed by atoms with Crippen molar-refractivity contribution in [1.29, 1.82) is 0 Å². The first-order valence-electron chi connectivity index (χ1n) is 16.5. The van der Waals surface area contributed by atoms with E-state index in [-0.39, 0.29) is 23.0 Å². The quantitative estimate of drug-likeness (QED) is 0.0952. The summed E-state index contributed by atoms with van der Waals surface area (Å²) in [6.07, 6.45) is 11.6. The van der Waals surface area contributed by atoms with Gasteiger partial charge in [-0.2, -0.15) is 0 Å². The number of hydrogen-bond donors (Lipinski definition) is 0. The number of ether oxygens (including phenoxy) is 6. The third-order valence-electron chi connectivity index (χ3n) is 8.14. The lowest BCUT2D eigenvalue weighted by molar-refractivity contribution is -0.129. The van der Waals surface area contributed by atoms with E-state index >= 15 is 0 Å². The minimum Gasteiger partial charge on any atom is -0.456 e. The second-order valence-electron chi connectivity index (χ2n) is 11.6. The molecule has 2 aliphatic heterocycles. The van der Waals surface area contributed by atoms with Gasteiger partial charge in [-0.05, 0) is 52.0 Å². The Morgan fingerprint density at radius 1 is 0.423 bits per heavy atom. The Bertz CT molecular complexity index is 1880. The molecule has 0 saturated carbocycles. The Kier molecular flexibility index (Phi) is 10.5. The van der Waals surface area contributed by atoms with Gasteiger partial charge in [0, 0.05) is 82.7 Å². The van der Waals surface area contributed by atoms with E-state index in [2.05, 4.69) is 0 Å². The molecule has 10 heteroatoms. The fourth-order valence-corrected chi connectivity index (χ4v) is 6.13. The third kappa shape index (κ3) is 7.56. The van der Waals surface area contributed by atoms with Gasteiger partial charge in [0.2, 0.25) is 0 Å². The zero-order valence-corrected chi connectivity index (χ0v) is 28.8. The maximum Gasteiger partial charge on any atom is 0.335 e. The second kappa shape index (κ2) is 15.5. The first-order chi connectivity index (χ1) is 25.2. The van der Waals surface area contributed by atoms with Crippen LogP contribution in [0.15, 0.2) is 121 Å². The van der Waals surface area contributed by atoms with Crippen molar-refractivity contribution >= 4 is 23.9 Å². The van der Waals surface area contributed by atoms with Crippen LogP contribution in [0.5, 0.6) is 46.0 Å². The molecule has 0 fully saturated rings. The fraction of sp³-hybridized carbons (Fsp3) is 0.143. The van der Waals surface area contributed by atoms with Crippen LogP contribution in [0.3, 0.4) is 0 Å². The second-order valence-corrected chi connectivity index (χ2v) is 11.6. The predicted octanol–water partition coefficient (Wildman–Crippen LogP) is 8.79. The summed E-state index contributed by atoms with van der Waals surface area (Å²) in [5, 5.41) is 0. The normalized spacial score (nSPS) is 13.5. The molecule has 4 aromatic rings. The first-order valence-corrected chi connectivity index (χ1v) is 16.5. The van der Waals surface area contributed by atoms with Crippen LogP contribution < -0.4 is 28.4 Å². The molecule has 2 heterocycles. The van der Waals surface area contributed by atoms with Gasteiger partial charge in [0.1, 0.15) is 46.0 Å². The average Bonchev–Trinajstić information content (AvgIpc) is 3.10. The van der Waals surface area contributed by atoms with E-state index in [0.29, 0.717) is 23.0 Å². The highest BCUT2D eigenvalue weighted by Gasteiger charge is 2.41. The maximum atomic E-state index is 12.3. The van der Waals surface area contributed by atoms with E-state index in [1.807, 2.05) is 24.3 Å². The molecule has 0 bridgehead atoms. The van der Waals surface area contributed by atoms with Gasteiger partial charge in [-0.25, -0.2) is 19.2 Å². The summed E-state index contributed by atoms with van der Waals surface area (Å²) < 4.78 is 35.0. The molecule has 262 valence electrons. The van der Waals surface area contributed by atoms with Crippen LogP contribution >= 0.6 is 0 Å². The largest absolute Gasteiger partial charge is 0.456 e. The van der Waals surface area contributed by atoms with Crippen LogP contribution in [0, 0.1) is 0 Å². The summed E-state index contributed by atoms with van der Waals surface area (Å²) in [6, 6.07) is 20.7. The minimum atomic E-state index is -0.544. The molecule has 0 atom stereocenters. The lowest BCUT2D eigenvalue weighted by atomic mass is 9.71. The van der Waals surface area contributed by atoms with E-state index in [9.17, 15) is 19.2 Å².